The van der Waals surface area contributed by atoms with Crippen molar-refractivity contribution in [3.05, 3.63) is 26.4 Å². The first-order valence-electron chi connectivity index (χ1n) is 5.02. The Morgan fingerprint density at radius 2 is 2.17 bits per heavy atom. The van der Waals surface area contributed by atoms with Gasteiger partial charge in [-0.3, -0.25) is 0 Å². The first-order chi connectivity index (χ1) is 8.65. The molecule has 0 fully saturated rings. The predicted octanol–water partition coefficient (Wildman–Crippen LogP) is 2.82. The lowest BCUT2D eigenvalue weighted by molar-refractivity contribution is 0.173. The number of benzene rings is 1. The van der Waals surface area contributed by atoms with Gasteiger partial charge in [-0.15, -0.1) is 0 Å². The number of aromatic nitrogens is 2. The van der Waals surface area contributed by atoms with E-state index in [1.54, 1.807) is 6.20 Å². The lowest BCUT2D eigenvalue weighted by atomic mass is 10.2. The molecule has 0 saturated carbocycles. The Kier molecular flexibility index (Phi) is 3.02. The number of nitrogens with two attached hydrogens (primary N) is 1. The third-order valence-corrected chi connectivity index (χ3v) is 3.88. The minimum Gasteiger partial charge on any atom is -0.454 e. The van der Waals surface area contributed by atoms with Gasteiger partial charge in [0.05, 0.1) is 8.04 Å². The highest BCUT2D eigenvalue weighted by Crippen LogP contribution is 2.41. The van der Waals surface area contributed by atoms with Gasteiger partial charge in [-0.2, -0.15) is 0 Å². The van der Waals surface area contributed by atoms with E-state index >= 15 is 0 Å². The Hall–Kier alpha value is -1.09. The van der Waals surface area contributed by atoms with Crippen molar-refractivity contribution >= 4 is 44.3 Å². The molecule has 92 valence electrons. The normalized spacial score (nSPS) is 12.8. The minimum atomic E-state index is 0.229. The van der Waals surface area contributed by atoms with E-state index in [-0.39, 0.29) is 6.79 Å². The lowest BCUT2D eigenvalue weighted by Gasteiger charge is -2.05. The molecular weight excluding hydrogens is 413 g/mol. The van der Waals surface area contributed by atoms with Crippen LogP contribution in [0, 0.1) is 3.57 Å². The van der Waals surface area contributed by atoms with E-state index in [2.05, 4.69) is 48.5 Å². The molecule has 18 heavy (non-hydrogen) atoms. The Morgan fingerprint density at radius 3 is 2.94 bits per heavy atom. The van der Waals surface area contributed by atoms with Crippen LogP contribution in [-0.2, 0) is 0 Å². The third-order valence-electron chi connectivity index (χ3n) is 2.46. The molecule has 2 N–H and O–H groups in total. The Balaban J connectivity index is 2.12. The molecule has 0 unspecified atom stereocenters. The fourth-order valence-corrected chi connectivity index (χ4v) is 2.43. The first kappa shape index (κ1) is 12.0. The van der Waals surface area contributed by atoms with Gasteiger partial charge in [0, 0.05) is 11.8 Å². The van der Waals surface area contributed by atoms with Crippen LogP contribution in [0.1, 0.15) is 0 Å². The van der Waals surface area contributed by atoms with Crippen LogP contribution >= 0.6 is 38.5 Å². The molecule has 0 radical (unpaired) electrons. The number of fused-ring (bicyclic) bond motifs is 1. The van der Waals surface area contributed by atoms with Crippen LogP contribution in [0.5, 0.6) is 11.5 Å². The van der Waals surface area contributed by atoms with Crippen LogP contribution in [0.2, 0.25) is 0 Å². The average Bonchev–Trinajstić information content (AvgIpc) is 2.81. The molecule has 1 aliphatic heterocycles. The summed E-state index contributed by atoms with van der Waals surface area (Å²) in [6.07, 6.45) is 1.69. The van der Waals surface area contributed by atoms with E-state index in [0.717, 1.165) is 13.6 Å². The van der Waals surface area contributed by atoms with Gasteiger partial charge in [-0.25, -0.2) is 9.97 Å². The molecule has 2 aromatic rings. The van der Waals surface area contributed by atoms with Crippen molar-refractivity contribution in [3.63, 3.8) is 0 Å². The van der Waals surface area contributed by atoms with Gasteiger partial charge >= 0.3 is 0 Å². The van der Waals surface area contributed by atoms with Crippen molar-refractivity contribution < 1.29 is 9.47 Å². The molecular formula is C11H7BrIN3O2. The highest BCUT2D eigenvalue weighted by atomic mass is 127. The lowest BCUT2D eigenvalue weighted by Crippen LogP contribution is -1.98. The second-order valence-electron chi connectivity index (χ2n) is 3.62. The second-order valence-corrected chi connectivity index (χ2v) is 5.64. The van der Waals surface area contributed by atoms with Crippen molar-refractivity contribution in [1.29, 1.82) is 0 Å². The van der Waals surface area contributed by atoms with E-state index in [1.807, 2.05) is 12.1 Å². The van der Waals surface area contributed by atoms with Crippen molar-refractivity contribution in [3.8, 4) is 22.9 Å². The van der Waals surface area contributed by atoms with Crippen molar-refractivity contribution in [2.24, 2.45) is 0 Å². The van der Waals surface area contributed by atoms with Gasteiger partial charge in [0.2, 0.25) is 6.79 Å². The maximum Gasteiger partial charge on any atom is 0.231 e. The highest BCUT2D eigenvalue weighted by molar-refractivity contribution is 14.1. The monoisotopic (exact) mass is 419 g/mol. The molecule has 1 aromatic heterocycles. The standard InChI is InChI=1S/C11H7BrIN3O2/c12-6-1-5(2-8-9(6)18-4-17-8)11-15-3-7(13)10(14)16-11/h1-3H,4H2,(H2,14,15,16). The Morgan fingerprint density at radius 1 is 1.33 bits per heavy atom. The summed E-state index contributed by atoms with van der Waals surface area (Å²) in [5, 5.41) is 0. The Bertz CT molecular complexity index is 636. The summed E-state index contributed by atoms with van der Waals surface area (Å²) in [7, 11) is 0. The molecule has 1 aliphatic rings. The average molecular weight is 420 g/mol. The summed E-state index contributed by atoms with van der Waals surface area (Å²) >= 11 is 5.53. The molecule has 1 aromatic carbocycles. The topological polar surface area (TPSA) is 70.3 Å². The number of hydrogen-bond donors (Lipinski definition) is 1. The molecule has 0 aliphatic carbocycles. The van der Waals surface area contributed by atoms with Gasteiger partial charge in [0.15, 0.2) is 17.3 Å². The molecule has 2 heterocycles. The van der Waals surface area contributed by atoms with Gasteiger partial charge in [-0.05, 0) is 50.7 Å². The second kappa shape index (κ2) is 4.54. The van der Waals surface area contributed by atoms with E-state index in [1.165, 1.54) is 0 Å². The number of halogens is 2. The zero-order valence-corrected chi connectivity index (χ0v) is 12.7. The van der Waals surface area contributed by atoms with Gasteiger partial charge in [0.1, 0.15) is 5.82 Å². The quantitative estimate of drug-likeness (QED) is 0.719. The summed E-state index contributed by atoms with van der Waals surface area (Å²) in [4.78, 5) is 8.51. The fraction of sp³-hybridized carbons (Fsp3) is 0.0909. The largest absolute Gasteiger partial charge is 0.454 e. The summed E-state index contributed by atoms with van der Waals surface area (Å²) in [5.74, 6) is 2.42. The maximum atomic E-state index is 5.78. The smallest absolute Gasteiger partial charge is 0.231 e. The Labute approximate surface area is 125 Å². The van der Waals surface area contributed by atoms with Gasteiger partial charge < -0.3 is 15.2 Å². The number of anilines is 1. The van der Waals surface area contributed by atoms with Crippen LogP contribution < -0.4 is 15.2 Å². The van der Waals surface area contributed by atoms with Crippen LogP contribution in [0.3, 0.4) is 0 Å². The van der Waals surface area contributed by atoms with E-state index in [4.69, 9.17) is 15.2 Å². The molecule has 5 nitrogen and oxygen atoms in total. The number of hydrogen-bond acceptors (Lipinski definition) is 5. The summed E-state index contributed by atoms with van der Waals surface area (Å²) in [6.45, 7) is 0.229. The van der Waals surface area contributed by atoms with Crippen LogP contribution in [0.15, 0.2) is 22.8 Å². The van der Waals surface area contributed by atoms with Crippen molar-refractivity contribution in [1.82, 2.24) is 9.97 Å². The molecule has 0 bridgehead atoms. The number of ether oxygens (including phenoxy) is 2. The maximum absolute atomic E-state index is 5.78. The molecule has 0 amide bonds. The molecule has 7 heteroatoms. The first-order valence-corrected chi connectivity index (χ1v) is 6.90. The summed E-state index contributed by atoms with van der Waals surface area (Å²) < 4.78 is 12.3. The van der Waals surface area contributed by atoms with Crippen LogP contribution in [0.25, 0.3) is 11.4 Å². The van der Waals surface area contributed by atoms with Crippen LogP contribution in [0.4, 0.5) is 5.82 Å². The van der Waals surface area contributed by atoms with Crippen molar-refractivity contribution in [2.45, 2.75) is 0 Å². The fourth-order valence-electron chi connectivity index (χ4n) is 1.62. The third kappa shape index (κ3) is 2.01. The van der Waals surface area contributed by atoms with E-state index < -0.39 is 0 Å². The molecule has 0 atom stereocenters. The predicted molar refractivity (Wildman–Crippen MR) is 78.4 cm³/mol. The zero-order chi connectivity index (χ0) is 12.7. The number of rotatable bonds is 1. The van der Waals surface area contributed by atoms with Crippen LogP contribution in [-0.4, -0.2) is 16.8 Å². The molecule has 0 saturated heterocycles. The SMILES string of the molecule is Nc1nc(-c2cc(Br)c3c(c2)OCO3)ncc1I. The molecule has 3 rings (SSSR count). The molecule has 0 spiro atoms. The van der Waals surface area contributed by atoms with Gasteiger partial charge in [-0.1, -0.05) is 0 Å². The number of nitrogens with zero attached hydrogens (tertiary/aromatic N) is 2. The van der Waals surface area contributed by atoms with Gasteiger partial charge in [0.25, 0.3) is 0 Å². The highest BCUT2D eigenvalue weighted by Gasteiger charge is 2.19. The summed E-state index contributed by atoms with van der Waals surface area (Å²) in [6, 6.07) is 3.73. The van der Waals surface area contributed by atoms with E-state index in [0.29, 0.717) is 23.1 Å². The van der Waals surface area contributed by atoms with Crippen molar-refractivity contribution in [2.75, 3.05) is 12.5 Å². The number of nitrogen functional groups attached to an aromatic ring is 1. The summed E-state index contributed by atoms with van der Waals surface area (Å²) in [5.41, 5.74) is 6.61. The zero-order valence-electron chi connectivity index (χ0n) is 8.98. The van der Waals surface area contributed by atoms with E-state index in [9.17, 15) is 0 Å². The minimum absolute atomic E-state index is 0.229.